The van der Waals surface area contributed by atoms with E-state index in [9.17, 15) is 19.8 Å². The van der Waals surface area contributed by atoms with Gasteiger partial charge < -0.3 is 10.2 Å². The first-order valence-electron chi connectivity index (χ1n) is 8.59. The molecule has 0 aliphatic heterocycles. The molecule has 1 atom stereocenters. The number of carbonyl (C=O) groups excluding carboxylic acids is 2. The molecule has 0 radical (unpaired) electrons. The van der Waals surface area contributed by atoms with Crippen molar-refractivity contribution in [1.82, 2.24) is 0 Å². The lowest BCUT2D eigenvalue weighted by Gasteiger charge is -2.23. The van der Waals surface area contributed by atoms with E-state index in [1.165, 1.54) is 30.0 Å². The average Bonchev–Trinajstić information content (AvgIpc) is 2.64. The number of ketones is 2. The predicted octanol–water partition coefficient (Wildman–Crippen LogP) is 4.92. The summed E-state index contributed by atoms with van der Waals surface area (Å²) in [6, 6.07) is 12.1. The first kappa shape index (κ1) is 19.0. The fourth-order valence-corrected chi connectivity index (χ4v) is 4.10. The number of phenols is 2. The van der Waals surface area contributed by atoms with Crippen LogP contribution in [0.3, 0.4) is 0 Å². The highest BCUT2D eigenvalue weighted by Gasteiger charge is 2.34. The summed E-state index contributed by atoms with van der Waals surface area (Å²) in [6.07, 6.45) is 3.89. The lowest BCUT2D eigenvalue weighted by atomic mass is 9.86. The zero-order valence-electron chi connectivity index (χ0n) is 15.1. The molecule has 0 bridgehead atoms. The van der Waals surface area contributed by atoms with Crippen LogP contribution in [0.2, 0.25) is 0 Å². The Morgan fingerprint density at radius 3 is 2.26 bits per heavy atom. The maximum Gasteiger partial charge on any atom is 0.194 e. The minimum atomic E-state index is -0.469. The third-order valence-electron chi connectivity index (χ3n) is 4.29. The Labute approximate surface area is 162 Å². The van der Waals surface area contributed by atoms with Gasteiger partial charge in [0.1, 0.15) is 11.5 Å². The Balaban J connectivity index is 2.04. The van der Waals surface area contributed by atoms with E-state index in [1.54, 1.807) is 0 Å². The highest BCUT2D eigenvalue weighted by molar-refractivity contribution is 8.00. The van der Waals surface area contributed by atoms with Crippen LogP contribution in [0.4, 0.5) is 0 Å². The van der Waals surface area contributed by atoms with E-state index < -0.39 is 11.6 Å². The third kappa shape index (κ3) is 3.98. The number of rotatable bonds is 5. The molecule has 4 nitrogen and oxygen atoms in total. The summed E-state index contributed by atoms with van der Waals surface area (Å²) in [5.74, 6) is -1.48. The van der Waals surface area contributed by atoms with Crippen molar-refractivity contribution < 1.29 is 19.8 Å². The van der Waals surface area contributed by atoms with Crippen molar-refractivity contribution in [3.63, 3.8) is 0 Å². The predicted molar refractivity (Wildman–Crippen MR) is 107 cm³/mol. The first-order valence-corrected chi connectivity index (χ1v) is 9.47. The summed E-state index contributed by atoms with van der Waals surface area (Å²) < 4.78 is 0. The highest BCUT2D eigenvalue weighted by Crippen LogP contribution is 2.39. The molecule has 138 valence electrons. The Hall–Kier alpha value is -2.79. The fraction of sp³-hybridized carbons (Fsp3) is 0.182. The number of aromatic hydroxyl groups is 2. The van der Waals surface area contributed by atoms with Gasteiger partial charge >= 0.3 is 0 Å². The van der Waals surface area contributed by atoms with Crippen LogP contribution in [0.15, 0.2) is 70.7 Å². The molecule has 27 heavy (non-hydrogen) atoms. The van der Waals surface area contributed by atoms with Crippen LogP contribution in [0.5, 0.6) is 11.5 Å². The van der Waals surface area contributed by atoms with Gasteiger partial charge in [-0.1, -0.05) is 29.8 Å². The second-order valence-electron chi connectivity index (χ2n) is 6.58. The van der Waals surface area contributed by atoms with Gasteiger partial charge in [0.05, 0.1) is 11.1 Å². The molecule has 1 aliphatic carbocycles. The molecule has 0 amide bonds. The second-order valence-corrected chi connectivity index (χ2v) is 7.86. The maximum atomic E-state index is 13.1. The SMILES string of the molecule is CC(C)=CCC(Sc1ccccc1)C1=CC(=O)c2c(O)ccc(O)c2C1=O. The summed E-state index contributed by atoms with van der Waals surface area (Å²) in [6.45, 7) is 3.96. The van der Waals surface area contributed by atoms with E-state index in [4.69, 9.17) is 0 Å². The zero-order chi connectivity index (χ0) is 19.6. The van der Waals surface area contributed by atoms with Gasteiger partial charge in [-0.15, -0.1) is 11.8 Å². The van der Waals surface area contributed by atoms with Crippen LogP contribution in [0, 0.1) is 0 Å². The van der Waals surface area contributed by atoms with E-state index in [1.807, 2.05) is 50.3 Å². The highest BCUT2D eigenvalue weighted by atomic mass is 32.2. The van der Waals surface area contributed by atoms with Crippen LogP contribution < -0.4 is 0 Å². The molecule has 3 rings (SSSR count). The van der Waals surface area contributed by atoms with Gasteiger partial charge in [0.2, 0.25) is 0 Å². The fourth-order valence-electron chi connectivity index (χ4n) is 2.97. The molecule has 1 unspecified atom stereocenters. The first-order chi connectivity index (χ1) is 12.9. The molecule has 2 aromatic rings. The van der Waals surface area contributed by atoms with E-state index in [0.717, 1.165) is 10.5 Å². The number of carbonyl (C=O) groups is 2. The van der Waals surface area contributed by atoms with Crippen molar-refractivity contribution in [2.24, 2.45) is 0 Å². The van der Waals surface area contributed by atoms with Gasteiger partial charge in [-0.3, -0.25) is 9.59 Å². The van der Waals surface area contributed by atoms with Crippen LogP contribution in [0.25, 0.3) is 0 Å². The zero-order valence-corrected chi connectivity index (χ0v) is 15.9. The minimum Gasteiger partial charge on any atom is -0.507 e. The molecular weight excluding hydrogens is 360 g/mol. The van der Waals surface area contributed by atoms with Crippen LogP contribution in [-0.4, -0.2) is 27.0 Å². The molecule has 0 saturated carbocycles. The van der Waals surface area contributed by atoms with E-state index in [-0.39, 0.29) is 27.9 Å². The van der Waals surface area contributed by atoms with Gasteiger partial charge in [0, 0.05) is 15.7 Å². The summed E-state index contributed by atoms with van der Waals surface area (Å²) >= 11 is 1.50. The maximum absolute atomic E-state index is 13.1. The van der Waals surface area contributed by atoms with Crippen LogP contribution >= 0.6 is 11.8 Å². The lowest BCUT2D eigenvalue weighted by molar-refractivity contribution is 0.0977. The summed E-state index contributed by atoms with van der Waals surface area (Å²) in [7, 11) is 0. The van der Waals surface area contributed by atoms with Gasteiger partial charge in [-0.25, -0.2) is 0 Å². The van der Waals surface area contributed by atoms with Crippen LogP contribution in [0.1, 0.15) is 41.0 Å². The van der Waals surface area contributed by atoms with Gasteiger partial charge in [-0.2, -0.15) is 0 Å². The molecule has 0 saturated heterocycles. The third-order valence-corrected chi connectivity index (χ3v) is 5.57. The van der Waals surface area contributed by atoms with E-state index in [2.05, 4.69) is 0 Å². The molecule has 0 spiro atoms. The number of thioether (sulfide) groups is 1. The Morgan fingerprint density at radius 2 is 1.63 bits per heavy atom. The number of benzene rings is 2. The Bertz CT molecular complexity index is 954. The van der Waals surface area contributed by atoms with Crippen molar-refractivity contribution in [1.29, 1.82) is 0 Å². The Morgan fingerprint density at radius 1 is 1.00 bits per heavy atom. The molecule has 2 aromatic carbocycles. The lowest BCUT2D eigenvalue weighted by Crippen LogP contribution is -2.23. The number of fused-ring (bicyclic) bond motifs is 1. The monoisotopic (exact) mass is 380 g/mol. The minimum absolute atomic E-state index is 0.117. The molecule has 2 N–H and O–H groups in total. The second kappa shape index (κ2) is 7.84. The van der Waals surface area contributed by atoms with Gasteiger partial charge in [-0.05, 0) is 50.6 Å². The van der Waals surface area contributed by atoms with Gasteiger partial charge in [0.15, 0.2) is 11.6 Å². The quantitative estimate of drug-likeness (QED) is 0.437. The largest absolute Gasteiger partial charge is 0.507 e. The molecule has 1 aliphatic rings. The van der Waals surface area contributed by atoms with Gasteiger partial charge in [0.25, 0.3) is 0 Å². The normalized spacial score (nSPS) is 14.4. The summed E-state index contributed by atoms with van der Waals surface area (Å²) in [4.78, 5) is 26.7. The summed E-state index contributed by atoms with van der Waals surface area (Å²) in [5, 5.41) is 19.8. The van der Waals surface area contributed by atoms with Crippen molar-refractivity contribution >= 4 is 23.3 Å². The number of phenolic OH excluding ortho intramolecular Hbond substituents is 2. The standard InChI is InChI=1S/C22H20O4S/c1-13(2)8-11-19(27-14-6-4-3-5-7-14)15-12-18(25)20-16(23)9-10-17(24)21(20)22(15)26/h3-10,12,19,23-24H,11H2,1-2H3. The number of hydrogen-bond donors (Lipinski definition) is 2. The molecule has 0 fully saturated rings. The molecule has 0 heterocycles. The Kier molecular flexibility index (Phi) is 5.51. The van der Waals surface area contributed by atoms with Crippen LogP contribution in [-0.2, 0) is 0 Å². The summed E-state index contributed by atoms with van der Waals surface area (Å²) in [5.41, 5.74) is 1.20. The molecule has 0 aromatic heterocycles. The topological polar surface area (TPSA) is 74.6 Å². The smallest absolute Gasteiger partial charge is 0.194 e. The molecular formula is C22H20O4S. The van der Waals surface area contributed by atoms with Crippen molar-refractivity contribution in [3.05, 3.63) is 76.9 Å². The van der Waals surface area contributed by atoms with E-state index >= 15 is 0 Å². The van der Waals surface area contributed by atoms with Crippen molar-refractivity contribution in [3.8, 4) is 11.5 Å². The number of allylic oxidation sites excluding steroid dienone is 3. The average molecular weight is 380 g/mol. The molecule has 5 heteroatoms. The number of hydrogen-bond acceptors (Lipinski definition) is 5. The van der Waals surface area contributed by atoms with Crippen molar-refractivity contribution in [2.75, 3.05) is 0 Å². The number of Topliss-reactive ketones (excluding diaryl/α,β-unsaturated/α-hetero) is 1. The van der Waals surface area contributed by atoms with Crippen molar-refractivity contribution in [2.45, 2.75) is 30.4 Å². The van der Waals surface area contributed by atoms with E-state index in [0.29, 0.717) is 12.0 Å².